The molecule has 0 saturated heterocycles. The Balaban J connectivity index is 5.05. The number of phosphoric acid groups is 1. The number of esters is 1. The van der Waals surface area contributed by atoms with Crippen LogP contribution in [0, 0.1) is 0 Å². The molecule has 10 heteroatoms. The molecule has 0 aromatic heterocycles. The highest BCUT2D eigenvalue weighted by molar-refractivity contribution is 7.45. The van der Waals surface area contributed by atoms with Gasteiger partial charge in [-0.25, -0.2) is 0 Å². The molecule has 3 unspecified atom stereocenters. The van der Waals surface area contributed by atoms with Crippen molar-refractivity contribution in [1.82, 2.24) is 5.32 Å². The van der Waals surface area contributed by atoms with E-state index in [0.29, 0.717) is 17.4 Å². The van der Waals surface area contributed by atoms with Crippen molar-refractivity contribution >= 4 is 19.7 Å². The number of quaternary nitrogens is 1. The fraction of sp³-hybridized carbons (Fsp3) is 0.800. The molecule has 0 heterocycles. The number of allylic oxidation sites excluding steroid dienone is 11. The van der Waals surface area contributed by atoms with Gasteiger partial charge in [-0.3, -0.25) is 14.2 Å². The van der Waals surface area contributed by atoms with Crippen LogP contribution in [0.3, 0.4) is 0 Å². The molecule has 0 aromatic carbocycles. The molecule has 0 saturated carbocycles. The molecule has 9 nitrogen and oxygen atoms in total. The zero-order chi connectivity index (χ0) is 58.6. The SMILES string of the molecule is CC/C=C/C/C=C/CCCCCCCCCC(=O)NC(COP(=O)([O-])OCC[N+](C)(C)C)C(/C=C\CCCCCCCCCCCCC)OC(=O)CCCCCCCCCCCCCCCC/C=C\C/C=C\C/C=C\CCCCC. The third kappa shape index (κ3) is 60.1. The monoisotopic (exact) mass is 1140 g/mol. The largest absolute Gasteiger partial charge is 0.756 e. The first kappa shape index (κ1) is 77.5. The highest BCUT2D eigenvalue weighted by Crippen LogP contribution is 2.38. The lowest BCUT2D eigenvalue weighted by Crippen LogP contribution is -2.47. The van der Waals surface area contributed by atoms with Crippen molar-refractivity contribution in [3.63, 3.8) is 0 Å². The van der Waals surface area contributed by atoms with E-state index in [9.17, 15) is 19.0 Å². The molecule has 80 heavy (non-hydrogen) atoms. The van der Waals surface area contributed by atoms with Crippen molar-refractivity contribution in [2.24, 2.45) is 0 Å². The average Bonchev–Trinajstić information content (AvgIpc) is 3.42. The van der Waals surface area contributed by atoms with Gasteiger partial charge in [-0.2, -0.15) is 0 Å². The van der Waals surface area contributed by atoms with Gasteiger partial charge >= 0.3 is 5.97 Å². The third-order valence-corrected chi connectivity index (χ3v) is 15.8. The maximum atomic E-state index is 13.5. The fourth-order valence-corrected chi connectivity index (χ4v) is 10.4. The molecule has 0 fully saturated rings. The van der Waals surface area contributed by atoms with E-state index < -0.39 is 26.6 Å². The second-order valence-electron chi connectivity index (χ2n) is 23.9. The van der Waals surface area contributed by atoms with Gasteiger partial charge in [0.25, 0.3) is 7.82 Å². The summed E-state index contributed by atoms with van der Waals surface area (Å²) in [7, 11) is 1.18. The zero-order valence-electron chi connectivity index (χ0n) is 53.3. The summed E-state index contributed by atoms with van der Waals surface area (Å²) < 4.78 is 30.4. The van der Waals surface area contributed by atoms with Gasteiger partial charge in [0.2, 0.25) is 5.91 Å². The third-order valence-electron chi connectivity index (χ3n) is 14.9. The van der Waals surface area contributed by atoms with E-state index in [-0.39, 0.29) is 24.9 Å². The Morgan fingerprint density at radius 1 is 0.450 bits per heavy atom. The molecule has 3 atom stereocenters. The van der Waals surface area contributed by atoms with Crippen molar-refractivity contribution in [2.75, 3.05) is 40.9 Å². The normalized spacial score (nSPS) is 14.0. The first-order valence-corrected chi connectivity index (χ1v) is 35.2. The van der Waals surface area contributed by atoms with Crippen LogP contribution < -0.4 is 10.2 Å². The lowest BCUT2D eigenvalue weighted by Gasteiger charge is -2.30. The van der Waals surface area contributed by atoms with E-state index in [1.54, 1.807) is 0 Å². The summed E-state index contributed by atoms with van der Waals surface area (Å²) in [6, 6.07) is -0.894. The smallest absolute Gasteiger partial charge is 0.306 e. The molecule has 1 N–H and O–H groups in total. The molecule has 0 bridgehead atoms. The number of amides is 1. The van der Waals surface area contributed by atoms with Gasteiger partial charge in [-0.15, -0.1) is 0 Å². The van der Waals surface area contributed by atoms with Crippen LogP contribution in [0.15, 0.2) is 72.9 Å². The Morgan fingerprint density at radius 3 is 1.23 bits per heavy atom. The van der Waals surface area contributed by atoms with Gasteiger partial charge in [-0.05, 0) is 96.0 Å². The average molecular weight is 1140 g/mol. The minimum absolute atomic E-state index is 0.0251. The first-order valence-electron chi connectivity index (χ1n) is 33.7. The van der Waals surface area contributed by atoms with Crippen LogP contribution in [0.25, 0.3) is 0 Å². The van der Waals surface area contributed by atoms with E-state index in [0.717, 1.165) is 96.3 Å². The Labute approximate surface area is 495 Å². The lowest BCUT2D eigenvalue weighted by molar-refractivity contribution is -0.870. The van der Waals surface area contributed by atoms with Gasteiger partial charge in [0.05, 0.1) is 33.8 Å². The topological polar surface area (TPSA) is 114 Å². The predicted molar refractivity (Wildman–Crippen MR) is 344 cm³/mol. The number of carbonyl (C=O) groups is 2. The number of hydrogen-bond donors (Lipinski definition) is 1. The maximum absolute atomic E-state index is 13.5. The van der Waals surface area contributed by atoms with Crippen LogP contribution in [0.5, 0.6) is 0 Å². The van der Waals surface area contributed by atoms with Crippen LogP contribution in [0.2, 0.25) is 0 Å². The van der Waals surface area contributed by atoms with Gasteiger partial charge in [0.15, 0.2) is 0 Å². The lowest BCUT2D eigenvalue weighted by atomic mass is 10.0. The van der Waals surface area contributed by atoms with Crippen LogP contribution in [-0.2, 0) is 27.9 Å². The number of phosphoric ester groups is 1. The summed E-state index contributed by atoms with van der Waals surface area (Å²) in [4.78, 5) is 40.1. The van der Waals surface area contributed by atoms with Crippen molar-refractivity contribution in [3.8, 4) is 0 Å². The van der Waals surface area contributed by atoms with Crippen LogP contribution >= 0.6 is 7.82 Å². The number of nitrogens with one attached hydrogen (secondary N) is 1. The van der Waals surface area contributed by atoms with Crippen molar-refractivity contribution in [1.29, 1.82) is 0 Å². The van der Waals surface area contributed by atoms with Crippen molar-refractivity contribution in [3.05, 3.63) is 72.9 Å². The van der Waals surface area contributed by atoms with Gasteiger partial charge in [0.1, 0.15) is 19.3 Å². The molecule has 0 aliphatic heterocycles. The summed E-state index contributed by atoms with van der Waals surface area (Å²) in [5.74, 6) is -0.544. The summed E-state index contributed by atoms with van der Waals surface area (Å²) in [5, 5.41) is 3.03. The van der Waals surface area contributed by atoms with E-state index in [1.165, 1.54) is 180 Å². The highest BCUT2D eigenvalue weighted by Gasteiger charge is 2.27. The molecular formula is C70H129N2O7P. The molecule has 0 aliphatic rings. The van der Waals surface area contributed by atoms with Crippen molar-refractivity contribution in [2.45, 2.75) is 322 Å². The quantitative estimate of drug-likeness (QED) is 0.0212. The zero-order valence-corrected chi connectivity index (χ0v) is 54.2. The number of ether oxygens (including phenoxy) is 1. The number of nitrogens with zero attached hydrogens (tertiary/aromatic N) is 1. The van der Waals surface area contributed by atoms with E-state index in [4.69, 9.17) is 13.8 Å². The first-order chi connectivity index (χ1) is 38.9. The number of rotatable bonds is 61. The molecular weight excluding hydrogens is 1010 g/mol. The molecule has 0 spiro atoms. The Morgan fingerprint density at radius 2 is 0.800 bits per heavy atom. The van der Waals surface area contributed by atoms with Gasteiger partial charge < -0.3 is 28.5 Å². The Bertz CT molecular complexity index is 1600. The van der Waals surface area contributed by atoms with Crippen LogP contribution in [0.4, 0.5) is 0 Å². The number of likely N-dealkylation sites (N-methyl/N-ethyl adjacent to an activating group) is 1. The highest BCUT2D eigenvalue weighted by atomic mass is 31.2. The Kier molecular flexibility index (Phi) is 57.7. The summed E-state index contributed by atoms with van der Waals surface area (Å²) in [6.45, 7) is 6.73. The summed E-state index contributed by atoms with van der Waals surface area (Å²) in [5.41, 5.74) is 0. The second kappa shape index (κ2) is 59.6. The van der Waals surface area contributed by atoms with E-state index in [1.807, 2.05) is 33.3 Å². The standard InChI is InChI=1S/C70H129N2O7P/c1-7-10-13-16-19-22-25-28-30-31-32-33-34-35-36-37-38-39-40-41-42-45-48-51-54-57-60-63-70(74)79-68(61-58-55-52-49-46-43-27-24-21-18-15-12-9-3)67(66-78-80(75,76)77-65-64-72(4,5)6)71-69(73)62-59-56-53-50-47-44-29-26-23-20-17-14-11-8-2/h11,14,19-20,22-23,28,30,32-33,58,61,67-68H,7-10,12-13,15-18,21,24-27,29,31,34-57,59-60,62-66H2,1-6H3,(H-,71,73,75,76)/b14-11+,22-19-,23-20+,30-28-,33-32-,61-58-. The minimum atomic E-state index is -4.70. The number of hydrogen-bond acceptors (Lipinski definition) is 7. The van der Waals surface area contributed by atoms with Gasteiger partial charge in [-0.1, -0.05) is 274 Å². The maximum Gasteiger partial charge on any atom is 0.306 e. The molecule has 0 radical (unpaired) electrons. The van der Waals surface area contributed by atoms with Crippen LogP contribution in [0.1, 0.15) is 310 Å². The summed E-state index contributed by atoms with van der Waals surface area (Å²) in [6.07, 6.45) is 77.4. The van der Waals surface area contributed by atoms with Crippen LogP contribution in [-0.4, -0.2) is 69.4 Å². The second-order valence-corrected chi connectivity index (χ2v) is 25.4. The molecule has 0 aliphatic carbocycles. The number of unbranched alkanes of at least 4 members (excludes halogenated alkanes) is 35. The van der Waals surface area contributed by atoms with Crippen molar-refractivity contribution < 1.29 is 37.3 Å². The molecule has 1 amide bonds. The van der Waals surface area contributed by atoms with E-state index >= 15 is 0 Å². The minimum Gasteiger partial charge on any atom is -0.756 e. The fourth-order valence-electron chi connectivity index (χ4n) is 9.69. The molecule has 0 aromatic rings. The summed E-state index contributed by atoms with van der Waals surface area (Å²) >= 11 is 0. The van der Waals surface area contributed by atoms with E-state index in [2.05, 4.69) is 86.8 Å². The number of carbonyl (C=O) groups excluding carboxylic acids is 2. The van der Waals surface area contributed by atoms with Gasteiger partial charge in [0, 0.05) is 12.8 Å². The molecule has 466 valence electrons. The predicted octanol–water partition coefficient (Wildman–Crippen LogP) is 20.5. The Hall–Kier alpha value is -2.55. The molecule has 0 rings (SSSR count).